The summed E-state index contributed by atoms with van der Waals surface area (Å²) in [6.07, 6.45) is 0. The van der Waals surface area contributed by atoms with E-state index < -0.39 is 0 Å². The van der Waals surface area contributed by atoms with E-state index in [0.717, 1.165) is 60.4 Å². The van der Waals surface area contributed by atoms with Crippen molar-refractivity contribution in [3.05, 3.63) is 18.2 Å². The number of ether oxygens (including phenoxy) is 1. The van der Waals surface area contributed by atoms with Gasteiger partial charge in [-0.3, -0.25) is 9.69 Å². The van der Waals surface area contributed by atoms with Gasteiger partial charge in [0.1, 0.15) is 0 Å². The lowest BCUT2D eigenvalue weighted by Gasteiger charge is -2.25. The zero-order valence-corrected chi connectivity index (χ0v) is 15.1. The van der Waals surface area contributed by atoms with E-state index in [1.54, 1.807) is 11.3 Å². The fourth-order valence-electron chi connectivity index (χ4n) is 2.73. The molecule has 1 saturated heterocycles. The van der Waals surface area contributed by atoms with Crippen molar-refractivity contribution in [2.45, 2.75) is 13.8 Å². The molecule has 0 saturated carbocycles. The number of anilines is 2. The van der Waals surface area contributed by atoms with Crippen LogP contribution in [0, 0.1) is 0 Å². The van der Waals surface area contributed by atoms with Crippen molar-refractivity contribution in [1.82, 2.24) is 9.88 Å². The molecular formula is C17H24N4O2S. The molecule has 1 aliphatic heterocycles. The second kappa shape index (κ2) is 7.92. The molecule has 2 heterocycles. The molecule has 2 aromatic rings. The number of fused-ring (bicyclic) bond motifs is 1. The lowest BCUT2D eigenvalue weighted by atomic mass is 10.3. The van der Waals surface area contributed by atoms with Crippen molar-refractivity contribution < 1.29 is 9.53 Å². The maximum Gasteiger partial charge on any atom is 0.238 e. The number of carbonyl (C=O) groups is 1. The highest BCUT2D eigenvalue weighted by molar-refractivity contribution is 7.22. The molecule has 0 bridgehead atoms. The Morgan fingerprint density at radius 1 is 1.33 bits per heavy atom. The first-order valence-electron chi connectivity index (χ1n) is 8.45. The third kappa shape index (κ3) is 4.03. The number of hydrogen-bond acceptors (Lipinski definition) is 6. The zero-order chi connectivity index (χ0) is 16.9. The lowest BCUT2D eigenvalue weighted by molar-refractivity contribution is -0.117. The molecule has 130 valence electrons. The van der Waals surface area contributed by atoms with Crippen molar-refractivity contribution in [3.63, 3.8) is 0 Å². The molecular weight excluding hydrogens is 324 g/mol. The third-order valence-corrected chi connectivity index (χ3v) is 5.28. The van der Waals surface area contributed by atoms with E-state index in [0.29, 0.717) is 6.54 Å². The first-order valence-corrected chi connectivity index (χ1v) is 9.26. The van der Waals surface area contributed by atoms with Gasteiger partial charge in [-0.15, -0.1) is 0 Å². The summed E-state index contributed by atoms with van der Waals surface area (Å²) in [5.41, 5.74) is 1.81. The molecule has 1 aliphatic rings. The highest BCUT2D eigenvalue weighted by atomic mass is 32.1. The maximum atomic E-state index is 12.1. The average molecular weight is 348 g/mol. The van der Waals surface area contributed by atoms with Crippen LogP contribution in [0.4, 0.5) is 10.8 Å². The third-order valence-electron chi connectivity index (χ3n) is 4.20. The Kier molecular flexibility index (Phi) is 5.65. The molecule has 6 nitrogen and oxygen atoms in total. The SMILES string of the molecule is CCN(CC)CC(=O)Nc1ccc2nc(N3CCOCC3)sc2c1. The number of nitrogens with one attached hydrogen (secondary N) is 1. The molecule has 0 spiro atoms. The molecule has 1 N–H and O–H groups in total. The number of likely N-dealkylation sites (N-methyl/N-ethyl adjacent to an activating group) is 1. The highest BCUT2D eigenvalue weighted by Crippen LogP contribution is 2.31. The predicted molar refractivity (Wildman–Crippen MR) is 99.1 cm³/mol. The van der Waals surface area contributed by atoms with Gasteiger partial charge < -0.3 is 15.0 Å². The maximum absolute atomic E-state index is 12.1. The summed E-state index contributed by atoms with van der Waals surface area (Å²) >= 11 is 1.67. The first kappa shape index (κ1) is 17.1. The van der Waals surface area contributed by atoms with Crippen LogP contribution in [0.1, 0.15) is 13.8 Å². The largest absolute Gasteiger partial charge is 0.378 e. The van der Waals surface area contributed by atoms with Crippen molar-refractivity contribution in [1.29, 1.82) is 0 Å². The van der Waals surface area contributed by atoms with E-state index in [2.05, 4.69) is 29.0 Å². The Bertz CT molecular complexity index is 693. The molecule has 7 heteroatoms. The summed E-state index contributed by atoms with van der Waals surface area (Å²) in [5.74, 6) is 0.0240. The van der Waals surface area contributed by atoms with Crippen molar-refractivity contribution in [2.75, 3.05) is 56.2 Å². The van der Waals surface area contributed by atoms with Gasteiger partial charge >= 0.3 is 0 Å². The van der Waals surface area contributed by atoms with Crippen LogP contribution in [0.2, 0.25) is 0 Å². The zero-order valence-electron chi connectivity index (χ0n) is 14.2. The summed E-state index contributed by atoms with van der Waals surface area (Å²) in [7, 11) is 0. The number of hydrogen-bond donors (Lipinski definition) is 1. The number of rotatable bonds is 6. The molecule has 1 aromatic carbocycles. The average Bonchev–Trinajstić information content (AvgIpc) is 3.03. The van der Waals surface area contributed by atoms with E-state index in [9.17, 15) is 4.79 Å². The summed E-state index contributed by atoms with van der Waals surface area (Å²) in [5, 5.41) is 4.01. The van der Waals surface area contributed by atoms with Gasteiger partial charge in [0.15, 0.2) is 5.13 Å². The Labute approximate surface area is 146 Å². The second-order valence-electron chi connectivity index (χ2n) is 5.79. The smallest absolute Gasteiger partial charge is 0.238 e. The number of thiazole rings is 1. The van der Waals surface area contributed by atoms with Crippen LogP contribution in [0.5, 0.6) is 0 Å². The quantitative estimate of drug-likeness (QED) is 0.869. The van der Waals surface area contributed by atoms with Gasteiger partial charge in [0.25, 0.3) is 0 Å². The molecule has 0 atom stereocenters. The number of amides is 1. The molecule has 1 aromatic heterocycles. The van der Waals surface area contributed by atoms with Gasteiger partial charge in [-0.2, -0.15) is 0 Å². The summed E-state index contributed by atoms with van der Waals surface area (Å²) in [6, 6.07) is 5.91. The van der Waals surface area contributed by atoms with E-state index >= 15 is 0 Å². The lowest BCUT2D eigenvalue weighted by Crippen LogP contribution is -2.36. The summed E-state index contributed by atoms with van der Waals surface area (Å²) in [6.45, 7) is 9.57. The minimum absolute atomic E-state index is 0.0240. The normalized spacial score (nSPS) is 15.2. The molecule has 1 fully saturated rings. The van der Waals surface area contributed by atoms with Crippen LogP contribution in [0.3, 0.4) is 0 Å². The molecule has 0 aliphatic carbocycles. The van der Waals surface area contributed by atoms with Crippen LogP contribution < -0.4 is 10.2 Å². The second-order valence-corrected chi connectivity index (χ2v) is 6.80. The van der Waals surface area contributed by atoms with Crippen LogP contribution in [0.25, 0.3) is 10.2 Å². The molecule has 0 unspecified atom stereocenters. The Morgan fingerprint density at radius 3 is 2.79 bits per heavy atom. The Hall–Kier alpha value is -1.70. The van der Waals surface area contributed by atoms with Crippen molar-refractivity contribution in [3.8, 4) is 0 Å². The molecule has 1 amide bonds. The number of benzene rings is 1. The number of aromatic nitrogens is 1. The van der Waals surface area contributed by atoms with Crippen molar-refractivity contribution >= 4 is 38.3 Å². The van der Waals surface area contributed by atoms with E-state index in [1.807, 2.05) is 18.2 Å². The molecule has 24 heavy (non-hydrogen) atoms. The monoisotopic (exact) mass is 348 g/mol. The van der Waals surface area contributed by atoms with Gasteiger partial charge in [-0.25, -0.2) is 4.98 Å². The van der Waals surface area contributed by atoms with Gasteiger partial charge in [0.05, 0.1) is 30.0 Å². The standard InChI is InChI=1S/C17H24N4O2S/c1-3-20(4-2)12-16(22)18-13-5-6-14-15(11-13)24-17(19-14)21-7-9-23-10-8-21/h5-6,11H,3-4,7-10,12H2,1-2H3,(H,18,22). The Balaban J connectivity index is 1.70. The van der Waals surface area contributed by atoms with E-state index in [-0.39, 0.29) is 5.91 Å². The van der Waals surface area contributed by atoms with Crippen molar-refractivity contribution in [2.24, 2.45) is 0 Å². The number of morpholine rings is 1. The van der Waals surface area contributed by atoms with E-state index in [4.69, 9.17) is 9.72 Å². The molecule has 0 radical (unpaired) electrons. The van der Waals surface area contributed by atoms with E-state index in [1.165, 1.54) is 0 Å². The fourth-order valence-corrected chi connectivity index (χ4v) is 3.79. The van der Waals surface area contributed by atoms with Crippen LogP contribution >= 0.6 is 11.3 Å². The van der Waals surface area contributed by atoms with Crippen LogP contribution in [-0.2, 0) is 9.53 Å². The fraction of sp³-hybridized carbons (Fsp3) is 0.529. The van der Waals surface area contributed by atoms with Crippen LogP contribution in [-0.4, -0.2) is 61.7 Å². The summed E-state index contributed by atoms with van der Waals surface area (Å²) < 4.78 is 6.49. The Morgan fingerprint density at radius 2 is 2.08 bits per heavy atom. The highest BCUT2D eigenvalue weighted by Gasteiger charge is 2.16. The number of carbonyl (C=O) groups excluding carboxylic acids is 1. The minimum atomic E-state index is 0.0240. The van der Waals surface area contributed by atoms with Gasteiger partial charge in [-0.1, -0.05) is 25.2 Å². The molecule has 3 rings (SSSR count). The minimum Gasteiger partial charge on any atom is -0.378 e. The van der Waals surface area contributed by atoms with Gasteiger partial charge in [0, 0.05) is 18.8 Å². The van der Waals surface area contributed by atoms with Gasteiger partial charge in [-0.05, 0) is 31.3 Å². The number of nitrogens with zero attached hydrogens (tertiary/aromatic N) is 3. The summed E-state index contributed by atoms with van der Waals surface area (Å²) in [4.78, 5) is 21.2. The first-order chi connectivity index (χ1) is 11.7. The topological polar surface area (TPSA) is 57.7 Å². The van der Waals surface area contributed by atoms with Crippen LogP contribution in [0.15, 0.2) is 18.2 Å². The predicted octanol–water partition coefficient (Wildman–Crippen LogP) is 2.41. The van der Waals surface area contributed by atoms with Gasteiger partial charge in [0.2, 0.25) is 5.91 Å².